The highest BCUT2D eigenvalue weighted by Crippen LogP contribution is 2.28. The van der Waals surface area contributed by atoms with Crippen molar-refractivity contribution in [2.24, 2.45) is 0 Å². The van der Waals surface area contributed by atoms with E-state index in [1.807, 2.05) is 0 Å². The minimum atomic E-state index is -0.522. The Kier molecular flexibility index (Phi) is 5.12. The van der Waals surface area contributed by atoms with Crippen molar-refractivity contribution in [1.82, 2.24) is 35.1 Å². The van der Waals surface area contributed by atoms with E-state index in [0.29, 0.717) is 35.2 Å². The zero-order valence-electron chi connectivity index (χ0n) is 18.6. The lowest BCUT2D eigenvalue weighted by molar-refractivity contribution is -0.115. The largest absolute Gasteiger partial charge is 0.351 e. The smallest absolute Gasteiger partial charge is 0.326 e. The SMILES string of the molecule is O=C1NC(=O)/C(=C/c2cnn3c(NC4CC4)nc(N4CCC(N5CCCCC5)CC4)nc23)N1. The van der Waals surface area contributed by atoms with E-state index >= 15 is 0 Å². The Bertz CT molecular complexity index is 1110. The van der Waals surface area contributed by atoms with Gasteiger partial charge in [-0.25, -0.2) is 4.79 Å². The van der Waals surface area contributed by atoms with Gasteiger partial charge in [0, 0.05) is 30.7 Å². The molecule has 0 bridgehead atoms. The van der Waals surface area contributed by atoms with Gasteiger partial charge in [0.1, 0.15) is 5.70 Å². The fourth-order valence-corrected chi connectivity index (χ4v) is 4.98. The predicted octanol–water partition coefficient (Wildman–Crippen LogP) is 1.33. The number of carbonyl (C=O) groups is 2. The van der Waals surface area contributed by atoms with Crippen molar-refractivity contribution in [3.8, 4) is 0 Å². The molecule has 11 heteroatoms. The van der Waals surface area contributed by atoms with Crippen LogP contribution in [0.3, 0.4) is 0 Å². The van der Waals surface area contributed by atoms with Crippen LogP contribution in [-0.2, 0) is 4.79 Å². The third-order valence-corrected chi connectivity index (χ3v) is 6.97. The second-order valence-electron chi connectivity index (χ2n) is 9.38. The molecule has 1 saturated carbocycles. The highest BCUT2D eigenvalue weighted by atomic mass is 16.2. The molecule has 4 fully saturated rings. The maximum Gasteiger partial charge on any atom is 0.326 e. The van der Waals surface area contributed by atoms with Crippen LogP contribution in [0, 0.1) is 0 Å². The molecule has 1 aliphatic carbocycles. The van der Waals surface area contributed by atoms with Crippen LogP contribution in [0.25, 0.3) is 11.7 Å². The number of carbonyl (C=O) groups excluding carboxylic acids is 2. The maximum absolute atomic E-state index is 12.0. The van der Waals surface area contributed by atoms with Gasteiger partial charge in [0.25, 0.3) is 5.91 Å². The normalized spacial score (nSPS) is 23.9. The first-order valence-corrected chi connectivity index (χ1v) is 12.0. The summed E-state index contributed by atoms with van der Waals surface area (Å²) in [6.45, 7) is 4.29. The van der Waals surface area contributed by atoms with Crippen LogP contribution in [0.1, 0.15) is 50.5 Å². The second kappa shape index (κ2) is 8.29. The number of anilines is 2. The van der Waals surface area contributed by atoms with Crippen molar-refractivity contribution in [2.75, 3.05) is 36.4 Å². The molecule has 0 aromatic carbocycles. The number of nitrogens with one attached hydrogen (secondary N) is 3. The molecule has 3 N–H and O–H groups in total. The Labute approximate surface area is 191 Å². The number of piperidine rings is 2. The average molecular weight is 452 g/mol. The number of hydrogen-bond donors (Lipinski definition) is 3. The molecule has 0 atom stereocenters. The Hall–Kier alpha value is -3.21. The van der Waals surface area contributed by atoms with Crippen molar-refractivity contribution in [3.63, 3.8) is 0 Å². The number of amides is 3. The van der Waals surface area contributed by atoms with E-state index in [2.05, 4.69) is 30.8 Å². The lowest BCUT2D eigenvalue weighted by atomic mass is 10.0. The van der Waals surface area contributed by atoms with Gasteiger partial charge in [0.05, 0.1) is 6.20 Å². The molecule has 2 aromatic heterocycles. The fourth-order valence-electron chi connectivity index (χ4n) is 4.98. The summed E-state index contributed by atoms with van der Waals surface area (Å²) in [5.41, 5.74) is 1.46. The summed E-state index contributed by atoms with van der Waals surface area (Å²) >= 11 is 0. The minimum absolute atomic E-state index is 0.189. The van der Waals surface area contributed by atoms with E-state index in [1.165, 1.54) is 32.4 Å². The molecule has 0 radical (unpaired) electrons. The highest BCUT2D eigenvalue weighted by molar-refractivity contribution is 6.14. The first kappa shape index (κ1) is 20.4. The summed E-state index contributed by atoms with van der Waals surface area (Å²) in [5.74, 6) is 0.896. The summed E-state index contributed by atoms with van der Waals surface area (Å²) in [7, 11) is 0. The number of rotatable bonds is 5. The quantitative estimate of drug-likeness (QED) is 0.460. The number of aromatic nitrogens is 4. The first-order valence-electron chi connectivity index (χ1n) is 12.0. The highest BCUT2D eigenvalue weighted by Gasteiger charge is 2.29. The standard InChI is InChI=1S/C22H29N9O2/c32-19-17(25-22(33)27-19)12-14-13-23-31-18(14)26-20(28-21(31)24-15-4-5-15)30-10-6-16(7-11-30)29-8-2-1-3-9-29/h12-13,15-16H,1-11H2,(H,24,26,28)(H2,25,27,32,33)/b17-12-. The zero-order valence-corrected chi connectivity index (χ0v) is 18.6. The Morgan fingerprint density at radius 3 is 2.45 bits per heavy atom. The van der Waals surface area contributed by atoms with E-state index in [9.17, 15) is 9.59 Å². The maximum atomic E-state index is 12.0. The second-order valence-corrected chi connectivity index (χ2v) is 9.38. The molecular formula is C22H29N9O2. The third kappa shape index (κ3) is 4.12. The Morgan fingerprint density at radius 2 is 1.76 bits per heavy atom. The minimum Gasteiger partial charge on any atom is -0.351 e. The molecule has 174 valence electrons. The van der Waals surface area contributed by atoms with E-state index < -0.39 is 11.9 Å². The third-order valence-electron chi connectivity index (χ3n) is 6.97. The molecular weight excluding hydrogens is 422 g/mol. The van der Waals surface area contributed by atoms with E-state index in [0.717, 1.165) is 38.8 Å². The number of fused-ring (bicyclic) bond motifs is 1. The van der Waals surface area contributed by atoms with Gasteiger partial charge in [-0.15, -0.1) is 0 Å². The average Bonchev–Trinajstić information content (AvgIpc) is 3.47. The van der Waals surface area contributed by atoms with Crippen LogP contribution < -0.4 is 20.9 Å². The predicted molar refractivity (Wildman–Crippen MR) is 123 cm³/mol. The lowest BCUT2D eigenvalue weighted by Crippen LogP contribution is -2.47. The zero-order chi connectivity index (χ0) is 22.4. The molecule has 6 rings (SSSR count). The molecule has 3 amide bonds. The molecule has 33 heavy (non-hydrogen) atoms. The van der Waals surface area contributed by atoms with Gasteiger partial charge in [0.15, 0.2) is 5.65 Å². The van der Waals surface area contributed by atoms with Crippen molar-refractivity contribution in [2.45, 2.75) is 57.0 Å². The van der Waals surface area contributed by atoms with Crippen LogP contribution in [0.5, 0.6) is 0 Å². The van der Waals surface area contributed by atoms with Crippen molar-refractivity contribution in [3.05, 3.63) is 17.5 Å². The summed E-state index contributed by atoms with van der Waals surface area (Å²) < 4.78 is 1.68. The Balaban J connectivity index is 1.28. The molecule has 4 aliphatic rings. The van der Waals surface area contributed by atoms with Gasteiger partial charge in [-0.05, 0) is 57.7 Å². The van der Waals surface area contributed by atoms with Crippen LogP contribution >= 0.6 is 0 Å². The molecule has 2 aromatic rings. The number of hydrogen-bond acceptors (Lipinski definition) is 8. The van der Waals surface area contributed by atoms with Gasteiger partial charge >= 0.3 is 6.03 Å². The van der Waals surface area contributed by atoms with Gasteiger partial charge in [-0.1, -0.05) is 6.42 Å². The summed E-state index contributed by atoms with van der Waals surface area (Å²) in [6, 6.07) is 0.534. The number of urea groups is 1. The molecule has 5 heterocycles. The van der Waals surface area contributed by atoms with Crippen LogP contribution in [0.4, 0.5) is 16.7 Å². The lowest BCUT2D eigenvalue weighted by Gasteiger charge is -2.40. The number of nitrogens with zero attached hydrogens (tertiary/aromatic N) is 6. The van der Waals surface area contributed by atoms with E-state index in [-0.39, 0.29) is 5.70 Å². The summed E-state index contributed by atoms with van der Waals surface area (Å²) in [6.07, 6.45) is 11.7. The molecule has 11 nitrogen and oxygen atoms in total. The number of imide groups is 1. The topological polar surface area (TPSA) is 120 Å². The molecule has 3 saturated heterocycles. The van der Waals surface area contributed by atoms with Gasteiger partial charge in [0.2, 0.25) is 11.9 Å². The van der Waals surface area contributed by atoms with Crippen LogP contribution in [-0.4, -0.2) is 74.7 Å². The number of likely N-dealkylation sites (tertiary alicyclic amines) is 1. The van der Waals surface area contributed by atoms with Crippen LogP contribution in [0.15, 0.2) is 11.9 Å². The summed E-state index contributed by atoms with van der Waals surface area (Å²) in [4.78, 5) is 38.1. The van der Waals surface area contributed by atoms with Crippen molar-refractivity contribution < 1.29 is 9.59 Å². The van der Waals surface area contributed by atoms with Gasteiger partial charge < -0.3 is 20.4 Å². The van der Waals surface area contributed by atoms with Gasteiger partial charge in [-0.2, -0.15) is 19.6 Å². The monoisotopic (exact) mass is 451 g/mol. The van der Waals surface area contributed by atoms with E-state index in [1.54, 1.807) is 16.8 Å². The first-order chi connectivity index (χ1) is 16.1. The fraction of sp³-hybridized carbons (Fsp3) is 0.591. The van der Waals surface area contributed by atoms with E-state index in [4.69, 9.17) is 9.97 Å². The molecule has 0 unspecified atom stereocenters. The molecule has 0 spiro atoms. The van der Waals surface area contributed by atoms with Gasteiger partial charge in [-0.3, -0.25) is 10.1 Å². The van der Waals surface area contributed by atoms with Crippen molar-refractivity contribution in [1.29, 1.82) is 0 Å². The van der Waals surface area contributed by atoms with Crippen LogP contribution in [0.2, 0.25) is 0 Å². The molecule has 3 aliphatic heterocycles. The Morgan fingerprint density at radius 1 is 0.970 bits per heavy atom. The van der Waals surface area contributed by atoms with Crippen molar-refractivity contribution >= 4 is 35.6 Å². The summed E-state index contributed by atoms with van der Waals surface area (Å²) in [5, 5.41) is 12.7.